The molecule has 1 amide bonds. The molecule has 2 N–H and O–H groups in total. The first-order valence-electron chi connectivity index (χ1n) is 8.98. The topological polar surface area (TPSA) is 75.3 Å². The lowest BCUT2D eigenvalue weighted by molar-refractivity contribution is 0.102. The second kappa shape index (κ2) is 8.27. The minimum absolute atomic E-state index is 0.164. The fraction of sp³-hybridized carbons (Fsp3) is 0.136. The van der Waals surface area contributed by atoms with Gasteiger partial charge in [0.25, 0.3) is 15.9 Å². The van der Waals surface area contributed by atoms with Gasteiger partial charge >= 0.3 is 0 Å². The first kappa shape index (κ1) is 19.6. The van der Waals surface area contributed by atoms with Crippen molar-refractivity contribution in [2.45, 2.75) is 25.2 Å². The summed E-state index contributed by atoms with van der Waals surface area (Å²) < 4.78 is 27.5. The van der Waals surface area contributed by atoms with Gasteiger partial charge in [-0.2, -0.15) is 0 Å². The summed E-state index contributed by atoms with van der Waals surface area (Å²) >= 11 is 0. The van der Waals surface area contributed by atoms with Gasteiger partial charge in [-0.25, -0.2) is 8.42 Å². The summed E-state index contributed by atoms with van der Waals surface area (Å²) in [6.07, 6.45) is 0.800. The number of nitrogens with one attached hydrogen (secondary N) is 2. The molecule has 3 aromatic carbocycles. The number of amides is 1. The highest BCUT2D eigenvalue weighted by molar-refractivity contribution is 7.92. The summed E-state index contributed by atoms with van der Waals surface area (Å²) in [6, 6.07) is 20.4. The molecule has 0 heterocycles. The molecule has 3 rings (SSSR count). The van der Waals surface area contributed by atoms with Crippen LogP contribution in [0.25, 0.3) is 0 Å². The van der Waals surface area contributed by atoms with E-state index in [1.165, 1.54) is 18.2 Å². The van der Waals surface area contributed by atoms with Crippen molar-refractivity contribution in [2.24, 2.45) is 0 Å². The summed E-state index contributed by atoms with van der Waals surface area (Å²) in [6.45, 7) is 3.97. The lowest BCUT2D eigenvalue weighted by atomic mass is 10.1. The fourth-order valence-corrected chi connectivity index (χ4v) is 4.00. The molecule has 0 saturated heterocycles. The molecule has 0 aliphatic carbocycles. The predicted molar refractivity (Wildman–Crippen MR) is 112 cm³/mol. The molecule has 0 fully saturated rings. The summed E-state index contributed by atoms with van der Waals surface area (Å²) in [7, 11) is -3.71. The Bertz CT molecular complexity index is 1090. The Labute approximate surface area is 165 Å². The largest absolute Gasteiger partial charge is 0.321 e. The Hall–Kier alpha value is -3.12. The van der Waals surface area contributed by atoms with Gasteiger partial charge in [-0.3, -0.25) is 9.52 Å². The Morgan fingerprint density at radius 1 is 0.929 bits per heavy atom. The zero-order valence-electron chi connectivity index (χ0n) is 15.8. The van der Waals surface area contributed by atoms with Crippen molar-refractivity contribution in [2.75, 3.05) is 10.0 Å². The van der Waals surface area contributed by atoms with Crippen molar-refractivity contribution >= 4 is 27.3 Å². The molecule has 3 aromatic rings. The van der Waals surface area contributed by atoms with E-state index in [2.05, 4.69) is 10.0 Å². The van der Waals surface area contributed by atoms with Crippen LogP contribution in [0.15, 0.2) is 77.7 Å². The number of para-hydroxylation sites is 1. The highest BCUT2D eigenvalue weighted by atomic mass is 32.2. The SMILES string of the molecule is CCc1cccc(C)c1NC(=O)c1cccc(NS(=O)(=O)c2ccccc2)c1. The summed E-state index contributed by atoms with van der Waals surface area (Å²) in [5.74, 6) is -0.287. The van der Waals surface area contributed by atoms with Crippen LogP contribution in [0.5, 0.6) is 0 Å². The Kier molecular flexibility index (Phi) is 5.80. The van der Waals surface area contributed by atoms with Crippen molar-refractivity contribution < 1.29 is 13.2 Å². The third-order valence-electron chi connectivity index (χ3n) is 4.41. The number of hydrogen-bond acceptors (Lipinski definition) is 3. The fourth-order valence-electron chi connectivity index (χ4n) is 2.93. The number of carbonyl (C=O) groups is 1. The number of carbonyl (C=O) groups excluding carboxylic acids is 1. The number of rotatable bonds is 6. The van der Waals surface area contributed by atoms with E-state index in [4.69, 9.17) is 0 Å². The lowest BCUT2D eigenvalue weighted by Crippen LogP contribution is -2.16. The van der Waals surface area contributed by atoms with Gasteiger partial charge in [-0.15, -0.1) is 0 Å². The molecule has 0 aliphatic heterocycles. The van der Waals surface area contributed by atoms with Crippen molar-refractivity contribution in [1.82, 2.24) is 0 Å². The summed E-state index contributed by atoms with van der Waals surface area (Å²) in [5.41, 5.74) is 3.53. The Morgan fingerprint density at radius 3 is 2.36 bits per heavy atom. The van der Waals surface area contributed by atoms with Crippen LogP contribution in [0.2, 0.25) is 0 Å². The molecule has 6 heteroatoms. The minimum atomic E-state index is -3.71. The van der Waals surface area contributed by atoms with Crippen LogP contribution in [-0.2, 0) is 16.4 Å². The van der Waals surface area contributed by atoms with Crippen LogP contribution in [0.1, 0.15) is 28.4 Å². The smallest absolute Gasteiger partial charge is 0.261 e. The zero-order valence-corrected chi connectivity index (χ0v) is 16.6. The third kappa shape index (κ3) is 4.40. The van der Waals surface area contributed by atoms with E-state index >= 15 is 0 Å². The molecule has 5 nitrogen and oxygen atoms in total. The molecule has 0 spiro atoms. The maximum absolute atomic E-state index is 12.7. The predicted octanol–water partition coefficient (Wildman–Crippen LogP) is 4.61. The number of benzene rings is 3. The van der Waals surface area contributed by atoms with Crippen LogP contribution < -0.4 is 10.0 Å². The van der Waals surface area contributed by atoms with Crippen LogP contribution in [-0.4, -0.2) is 14.3 Å². The molecular weight excluding hydrogens is 372 g/mol. The third-order valence-corrected chi connectivity index (χ3v) is 5.81. The van der Waals surface area contributed by atoms with Crippen molar-refractivity contribution in [3.63, 3.8) is 0 Å². The van der Waals surface area contributed by atoms with Gasteiger partial charge in [0.05, 0.1) is 4.90 Å². The van der Waals surface area contributed by atoms with Crippen molar-refractivity contribution in [1.29, 1.82) is 0 Å². The van der Waals surface area contributed by atoms with Gasteiger partial charge in [0, 0.05) is 16.9 Å². The van der Waals surface area contributed by atoms with Gasteiger partial charge < -0.3 is 5.32 Å². The molecular formula is C22H22N2O3S. The summed E-state index contributed by atoms with van der Waals surface area (Å²) in [4.78, 5) is 12.9. The van der Waals surface area contributed by atoms with Gasteiger partial charge in [-0.1, -0.05) is 49.4 Å². The highest BCUT2D eigenvalue weighted by Crippen LogP contribution is 2.23. The minimum Gasteiger partial charge on any atom is -0.321 e. The van der Waals surface area contributed by atoms with E-state index in [9.17, 15) is 13.2 Å². The van der Waals surface area contributed by atoms with Crippen molar-refractivity contribution in [3.8, 4) is 0 Å². The van der Waals surface area contributed by atoms with Crippen molar-refractivity contribution in [3.05, 3.63) is 89.5 Å². The van der Waals surface area contributed by atoms with E-state index in [0.29, 0.717) is 11.3 Å². The zero-order chi connectivity index (χ0) is 20.1. The number of aryl methyl sites for hydroxylation is 2. The first-order chi connectivity index (χ1) is 13.4. The normalized spacial score (nSPS) is 11.1. The molecule has 0 unspecified atom stereocenters. The van der Waals surface area contributed by atoms with E-state index in [0.717, 1.165) is 23.2 Å². The highest BCUT2D eigenvalue weighted by Gasteiger charge is 2.15. The lowest BCUT2D eigenvalue weighted by Gasteiger charge is -2.14. The summed E-state index contributed by atoms with van der Waals surface area (Å²) in [5, 5.41) is 2.95. The standard InChI is InChI=1S/C22H22N2O3S/c1-3-17-10-7-9-16(2)21(17)23-22(25)18-11-8-12-19(15-18)24-28(26,27)20-13-5-4-6-14-20/h4-15,24H,3H2,1-2H3,(H,23,25). The van der Waals surface area contributed by atoms with Crippen LogP contribution >= 0.6 is 0 Å². The first-order valence-corrected chi connectivity index (χ1v) is 10.5. The quantitative estimate of drug-likeness (QED) is 0.641. The Morgan fingerprint density at radius 2 is 1.64 bits per heavy atom. The molecule has 0 aliphatic rings. The molecule has 0 saturated carbocycles. The maximum atomic E-state index is 12.7. The van der Waals surface area contributed by atoms with Gasteiger partial charge in [0.1, 0.15) is 0 Å². The monoisotopic (exact) mass is 394 g/mol. The average Bonchev–Trinajstić information content (AvgIpc) is 2.70. The van der Waals surface area contributed by atoms with Gasteiger partial charge in [0.15, 0.2) is 0 Å². The second-order valence-electron chi connectivity index (χ2n) is 6.42. The second-order valence-corrected chi connectivity index (χ2v) is 8.10. The molecule has 0 radical (unpaired) electrons. The van der Waals surface area contributed by atoms with E-state index < -0.39 is 10.0 Å². The molecule has 0 bridgehead atoms. The number of sulfonamides is 1. The van der Waals surface area contributed by atoms with Crippen LogP contribution in [0.4, 0.5) is 11.4 Å². The van der Waals surface area contributed by atoms with Crippen LogP contribution in [0, 0.1) is 6.92 Å². The van der Waals surface area contributed by atoms with Gasteiger partial charge in [-0.05, 0) is 54.8 Å². The van der Waals surface area contributed by atoms with E-state index in [1.54, 1.807) is 36.4 Å². The molecule has 28 heavy (non-hydrogen) atoms. The molecule has 144 valence electrons. The van der Waals surface area contributed by atoms with E-state index in [1.807, 2.05) is 32.0 Å². The van der Waals surface area contributed by atoms with Crippen LogP contribution in [0.3, 0.4) is 0 Å². The maximum Gasteiger partial charge on any atom is 0.261 e. The van der Waals surface area contributed by atoms with Gasteiger partial charge in [0.2, 0.25) is 0 Å². The molecule has 0 atom stereocenters. The number of hydrogen-bond donors (Lipinski definition) is 2. The average molecular weight is 394 g/mol. The number of anilines is 2. The molecule has 0 aromatic heterocycles. The Balaban J connectivity index is 1.83. The van der Waals surface area contributed by atoms with E-state index in [-0.39, 0.29) is 10.8 Å².